The second-order valence-corrected chi connectivity index (χ2v) is 8.30. The minimum Gasteiger partial charge on any atom is -0.343 e. The maximum absolute atomic E-state index is 12.7. The van der Waals surface area contributed by atoms with Crippen molar-refractivity contribution in [2.75, 3.05) is 14.1 Å². The topological polar surface area (TPSA) is 50.2 Å². The first-order chi connectivity index (χ1) is 12.9. The fourth-order valence-corrected chi connectivity index (χ4v) is 3.81. The molecule has 1 atom stereocenters. The van der Waals surface area contributed by atoms with E-state index in [-0.39, 0.29) is 5.91 Å². The number of nitrogens with zero attached hydrogens (tertiary/aromatic N) is 3. The molecule has 5 heteroatoms. The Morgan fingerprint density at radius 1 is 1.33 bits per heavy atom. The van der Waals surface area contributed by atoms with Crippen LogP contribution < -0.4 is 5.32 Å². The Kier molecular flexibility index (Phi) is 6.00. The number of carbonyl (C=O) groups excluding carboxylic acids is 1. The average molecular weight is 369 g/mol. The molecular formula is C22H32N4O. The van der Waals surface area contributed by atoms with Gasteiger partial charge in [-0.3, -0.25) is 9.48 Å². The summed E-state index contributed by atoms with van der Waals surface area (Å²) in [6.45, 7) is 8.27. The highest BCUT2D eigenvalue weighted by Crippen LogP contribution is 2.26. The predicted octanol–water partition coefficient (Wildman–Crippen LogP) is 3.20. The Balaban J connectivity index is 1.79. The molecule has 3 rings (SSSR count). The van der Waals surface area contributed by atoms with Crippen molar-refractivity contribution in [1.29, 1.82) is 0 Å². The van der Waals surface area contributed by atoms with Crippen LogP contribution in [0.1, 0.15) is 53.1 Å². The van der Waals surface area contributed by atoms with Crippen molar-refractivity contribution in [3.63, 3.8) is 0 Å². The quantitative estimate of drug-likeness (QED) is 0.852. The summed E-state index contributed by atoms with van der Waals surface area (Å²) in [6.07, 6.45) is 2.92. The second kappa shape index (κ2) is 8.26. The Morgan fingerprint density at radius 3 is 2.74 bits per heavy atom. The van der Waals surface area contributed by atoms with Crippen molar-refractivity contribution in [3.05, 3.63) is 52.3 Å². The number of nitrogens with one attached hydrogen (secondary N) is 1. The third-order valence-electron chi connectivity index (χ3n) is 5.34. The van der Waals surface area contributed by atoms with Gasteiger partial charge in [0, 0.05) is 44.5 Å². The summed E-state index contributed by atoms with van der Waals surface area (Å²) in [5, 5.41) is 8.42. The Hall–Kier alpha value is -2.14. The van der Waals surface area contributed by atoms with Crippen LogP contribution in [0.15, 0.2) is 24.3 Å². The highest BCUT2D eigenvalue weighted by molar-refractivity contribution is 5.93. The summed E-state index contributed by atoms with van der Waals surface area (Å²) in [7, 11) is 3.60. The van der Waals surface area contributed by atoms with Gasteiger partial charge in [-0.1, -0.05) is 38.1 Å². The van der Waals surface area contributed by atoms with Crippen molar-refractivity contribution in [3.8, 4) is 0 Å². The number of aromatic nitrogens is 2. The highest BCUT2D eigenvalue weighted by atomic mass is 16.2. The fourth-order valence-electron chi connectivity index (χ4n) is 3.81. The van der Waals surface area contributed by atoms with Crippen molar-refractivity contribution < 1.29 is 4.79 Å². The fraction of sp³-hybridized carbons (Fsp3) is 0.545. The maximum atomic E-state index is 12.7. The van der Waals surface area contributed by atoms with Gasteiger partial charge >= 0.3 is 0 Å². The Bertz CT molecular complexity index is 807. The number of aryl methyl sites for hydroxylation is 1. The first-order valence-electron chi connectivity index (χ1n) is 9.95. The van der Waals surface area contributed by atoms with E-state index in [0.717, 1.165) is 37.9 Å². The second-order valence-electron chi connectivity index (χ2n) is 8.30. The van der Waals surface area contributed by atoms with Crippen LogP contribution in [0.4, 0.5) is 0 Å². The number of benzene rings is 1. The predicted molar refractivity (Wildman–Crippen MR) is 109 cm³/mol. The van der Waals surface area contributed by atoms with Crippen molar-refractivity contribution in [2.45, 2.75) is 59.2 Å². The Morgan fingerprint density at radius 2 is 2.07 bits per heavy atom. The summed E-state index contributed by atoms with van der Waals surface area (Å²) in [5.41, 5.74) is 5.68. The molecule has 0 saturated heterocycles. The molecule has 1 aliphatic carbocycles. The molecule has 5 nitrogen and oxygen atoms in total. The third-order valence-corrected chi connectivity index (χ3v) is 5.34. The summed E-state index contributed by atoms with van der Waals surface area (Å²) in [6, 6.07) is 8.88. The number of rotatable bonds is 6. The van der Waals surface area contributed by atoms with Crippen LogP contribution in [-0.2, 0) is 25.9 Å². The molecule has 2 aromatic rings. The molecule has 1 aliphatic rings. The molecule has 1 heterocycles. The van der Waals surface area contributed by atoms with Crippen molar-refractivity contribution >= 4 is 5.91 Å². The molecule has 0 spiro atoms. The number of hydrogen-bond acceptors (Lipinski definition) is 3. The SMILES string of the molecule is Cc1ccccc1CNC1CCc2c(c(C(=O)N(C)C)nn2CC(C)C)C1. The molecule has 1 aromatic carbocycles. The summed E-state index contributed by atoms with van der Waals surface area (Å²) in [5.74, 6) is 0.515. The molecule has 0 saturated carbocycles. The van der Waals surface area contributed by atoms with E-state index in [0.29, 0.717) is 17.7 Å². The van der Waals surface area contributed by atoms with E-state index < -0.39 is 0 Å². The van der Waals surface area contributed by atoms with E-state index in [1.54, 1.807) is 19.0 Å². The summed E-state index contributed by atoms with van der Waals surface area (Å²) in [4.78, 5) is 14.3. The normalized spacial score (nSPS) is 16.4. The van der Waals surface area contributed by atoms with Gasteiger partial charge in [-0.15, -0.1) is 0 Å². The minimum absolute atomic E-state index is 0.00769. The zero-order valence-electron chi connectivity index (χ0n) is 17.2. The lowest BCUT2D eigenvalue weighted by atomic mass is 9.90. The van der Waals surface area contributed by atoms with Crippen molar-refractivity contribution in [1.82, 2.24) is 20.0 Å². The van der Waals surface area contributed by atoms with Gasteiger partial charge in [-0.25, -0.2) is 0 Å². The molecule has 1 N–H and O–H groups in total. The zero-order chi connectivity index (χ0) is 19.6. The van der Waals surface area contributed by atoms with Crippen LogP contribution in [0.5, 0.6) is 0 Å². The molecule has 1 unspecified atom stereocenters. The van der Waals surface area contributed by atoms with Gasteiger partial charge in [-0.05, 0) is 43.2 Å². The maximum Gasteiger partial charge on any atom is 0.274 e. The summed E-state index contributed by atoms with van der Waals surface area (Å²) >= 11 is 0. The Labute approximate surface area is 162 Å². The highest BCUT2D eigenvalue weighted by Gasteiger charge is 2.29. The minimum atomic E-state index is 0.00769. The summed E-state index contributed by atoms with van der Waals surface area (Å²) < 4.78 is 2.08. The molecule has 1 amide bonds. The van der Waals surface area contributed by atoms with E-state index >= 15 is 0 Å². The van der Waals surface area contributed by atoms with Gasteiger partial charge in [0.05, 0.1) is 0 Å². The van der Waals surface area contributed by atoms with Gasteiger partial charge in [0.15, 0.2) is 5.69 Å². The molecular weight excluding hydrogens is 336 g/mol. The number of fused-ring (bicyclic) bond motifs is 1. The monoisotopic (exact) mass is 368 g/mol. The third kappa shape index (κ3) is 4.41. The average Bonchev–Trinajstić information content (AvgIpc) is 2.97. The molecule has 27 heavy (non-hydrogen) atoms. The van der Waals surface area contributed by atoms with Crippen LogP contribution in [0.25, 0.3) is 0 Å². The van der Waals surface area contributed by atoms with E-state index in [1.165, 1.54) is 16.8 Å². The van der Waals surface area contributed by atoms with Crippen LogP contribution in [0.3, 0.4) is 0 Å². The van der Waals surface area contributed by atoms with Gasteiger partial charge in [0.25, 0.3) is 5.91 Å². The van der Waals surface area contributed by atoms with Crippen LogP contribution in [0, 0.1) is 12.8 Å². The molecule has 146 valence electrons. The molecule has 0 radical (unpaired) electrons. The van der Waals surface area contributed by atoms with E-state index in [1.807, 2.05) is 0 Å². The van der Waals surface area contributed by atoms with E-state index in [2.05, 4.69) is 55.0 Å². The standard InChI is InChI=1S/C22H32N4O/c1-15(2)14-26-20-11-10-18(23-13-17-9-7-6-8-16(17)3)12-19(20)21(24-26)22(27)25(4)5/h6-9,15,18,23H,10-14H2,1-5H3. The lowest BCUT2D eigenvalue weighted by molar-refractivity contribution is 0.0819. The smallest absolute Gasteiger partial charge is 0.274 e. The lowest BCUT2D eigenvalue weighted by Crippen LogP contribution is -2.35. The van der Waals surface area contributed by atoms with E-state index in [9.17, 15) is 4.79 Å². The first kappa shape index (κ1) is 19.6. The largest absolute Gasteiger partial charge is 0.343 e. The van der Waals surface area contributed by atoms with Gasteiger partial charge in [0.1, 0.15) is 0 Å². The number of carbonyl (C=O) groups is 1. The zero-order valence-corrected chi connectivity index (χ0v) is 17.2. The van der Waals surface area contributed by atoms with Crippen LogP contribution in [-0.4, -0.2) is 40.7 Å². The van der Waals surface area contributed by atoms with Crippen molar-refractivity contribution in [2.24, 2.45) is 5.92 Å². The van der Waals surface area contributed by atoms with Gasteiger partial charge < -0.3 is 10.2 Å². The number of hydrogen-bond donors (Lipinski definition) is 1. The van der Waals surface area contributed by atoms with Crippen LogP contribution in [0.2, 0.25) is 0 Å². The van der Waals surface area contributed by atoms with E-state index in [4.69, 9.17) is 5.10 Å². The molecule has 0 aliphatic heterocycles. The molecule has 1 aromatic heterocycles. The van der Waals surface area contributed by atoms with Crippen LogP contribution >= 0.6 is 0 Å². The first-order valence-corrected chi connectivity index (χ1v) is 9.95. The number of amides is 1. The molecule has 0 fully saturated rings. The van der Waals surface area contributed by atoms with Gasteiger partial charge in [-0.2, -0.15) is 5.10 Å². The molecule has 0 bridgehead atoms. The van der Waals surface area contributed by atoms with Gasteiger partial charge in [0.2, 0.25) is 0 Å². The lowest BCUT2D eigenvalue weighted by Gasteiger charge is -2.25.